The van der Waals surface area contributed by atoms with E-state index < -0.39 is 0 Å². The first-order chi connectivity index (χ1) is 13.4. The fourth-order valence-electron chi connectivity index (χ4n) is 2.59. The zero-order valence-corrected chi connectivity index (χ0v) is 16.9. The molecule has 0 bridgehead atoms. The van der Waals surface area contributed by atoms with Crippen molar-refractivity contribution in [2.24, 2.45) is 5.92 Å². The third-order valence-electron chi connectivity index (χ3n) is 4.14. The Morgan fingerprint density at radius 1 is 1.18 bits per heavy atom. The molecule has 0 saturated heterocycles. The van der Waals surface area contributed by atoms with Gasteiger partial charge in [0.25, 0.3) is 0 Å². The van der Waals surface area contributed by atoms with Crippen LogP contribution in [0.25, 0.3) is 11.3 Å². The summed E-state index contributed by atoms with van der Waals surface area (Å²) in [5, 5.41) is 6.47. The molecule has 2 heterocycles. The Hall–Kier alpha value is -2.93. The third-order valence-corrected chi connectivity index (χ3v) is 5.11. The Morgan fingerprint density at radius 2 is 1.93 bits per heavy atom. The van der Waals surface area contributed by atoms with E-state index in [1.165, 1.54) is 11.3 Å². The van der Waals surface area contributed by atoms with Gasteiger partial charge in [-0.15, -0.1) is 11.3 Å². The first-order valence-corrected chi connectivity index (χ1v) is 9.90. The third kappa shape index (κ3) is 5.07. The lowest BCUT2D eigenvalue weighted by molar-refractivity contribution is -0.121. The standard InChI is InChI=1S/C21H23N3O3S/c1-13(2)21(26)23-16-8-6-15(7-9-16)20-14(3)28-19(24-20)11-18(25)22-12-17-5-4-10-27-17/h4-10,13H,11-12H2,1-3H3,(H,22,25)(H,23,26). The van der Waals surface area contributed by atoms with Crippen LogP contribution in [0.3, 0.4) is 0 Å². The summed E-state index contributed by atoms with van der Waals surface area (Å²) in [6.45, 7) is 6.07. The van der Waals surface area contributed by atoms with E-state index in [-0.39, 0.29) is 24.2 Å². The van der Waals surface area contributed by atoms with E-state index in [1.54, 1.807) is 12.3 Å². The van der Waals surface area contributed by atoms with Crippen LogP contribution in [0.1, 0.15) is 29.5 Å². The molecule has 2 aromatic heterocycles. The van der Waals surface area contributed by atoms with Crippen LogP contribution in [0, 0.1) is 12.8 Å². The molecule has 0 radical (unpaired) electrons. The number of furan rings is 1. The van der Waals surface area contributed by atoms with Crippen molar-refractivity contribution in [3.8, 4) is 11.3 Å². The maximum absolute atomic E-state index is 12.1. The van der Waals surface area contributed by atoms with Gasteiger partial charge in [-0.1, -0.05) is 26.0 Å². The predicted molar refractivity (Wildman–Crippen MR) is 110 cm³/mol. The number of rotatable bonds is 7. The zero-order valence-electron chi connectivity index (χ0n) is 16.1. The molecule has 2 N–H and O–H groups in total. The Kier molecular flexibility index (Phi) is 6.26. The van der Waals surface area contributed by atoms with Gasteiger partial charge >= 0.3 is 0 Å². The molecule has 2 amide bonds. The highest BCUT2D eigenvalue weighted by Gasteiger charge is 2.14. The smallest absolute Gasteiger partial charge is 0.227 e. The highest BCUT2D eigenvalue weighted by atomic mass is 32.1. The molecule has 0 unspecified atom stereocenters. The highest BCUT2D eigenvalue weighted by Crippen LogP contribution is 2.28. The van der Waals surface area contributed by atoms with Gasteiger partial charge < -0.3 is 15.1 Å². The minimum Gasteiger partial charge on any atom is -0.467 e. The molecule has 0 aliphatic carbocycles. The molecule has 0 atom stereocenters. The average Bonchev–Trinajstić information content (AvgIpc) is 3.30. The molecule has 0 aliphatic rings. The Morgan fingerprint density at radius 3 is 2.57 bits per heavy atom. The molecule has 0 fully saturated rings. The molecule has 3 aromatic rings. The maximum Gasteiger partial charge on any atom is 0.227 e. The van der Waals surface area contributed by atoms with Crippen molar-refractivity contribution in [1.29, 1.82) is 0 Å². The summed E-state index contributed by atoms with van der Waals surface area (Å²) in [6, 6.07) is 11.2. The second-order valence-corrected chi connectivity index (χ2v) is 8.05. The number of nitrogens with one attached hydrogen (secondary N) is 2. The van der Waals surface area contributed by atoms with E-state index >= 15 is 0 Å². The van der Waals surface area contributed by atoms with Crippen LogP contribution >= 0.6 is 11.3 Å². The minimum atomic E-state index is -0.0940. The van der Waals surface area contributed by atoms with Crippen molar-refractivity contribution in [2.45, 2.75) is 33.7 Å². The Balaban J connectivity index is 1.63. The minimum absolute atomic E-state index is 0.0135. The largest absolute Gasteiger partial charge is 0.467 e. The van der Waals surface area contributed by atoms with Gasteiger partial charge in [0.1, 0.15) is 10.8 Å². The first kappa shape index (κ1) is 19.8. The van der Waals surface area contributed by atoms with Gasteiger partial charge in [0.2, 0.25) is 11.8 Å². The highest BCUT2D eigenvalue weighted by molar-refractivity contribution is 7.12. The van der Waals surface area contributed by atoms with Crippen LogP contribution in [-0.4, -0.2) is 16.8 Å². The van der Waals surface area contributed by atoms with Gasteiger partial charge in [-0.2, -0.15) is 0 Å². The quantitative estimate of drug-likeness (QED) is 0.627. The van der Waals surface area contributed by atoms with Crippen LogP contribution in [0.15, 0.2) is 47.1 Å². The summed E-state index contributed by atoms with van der Waals surface area (Å²) >= 11 is 1.51. The van der Waals surface area contributed by atoms with E-state index in [0.717, 1.165) is 26.8 Å². The fourth-order valence-corrected chi connectivity index (χ4v) is 3.55. The van der Waals surface area contributed by atoms with Crippen LogP contribution in [0.2, 0.25) is 0 Å². The number of hydrogen-bond donors (Lipinski definition) is 2. The molecule has 0 spiro atoms. The molecule has 7 heteroatoms. The van der Waals surface area contributed by atoms with Crippen LogP contribution in [0.5, 0.6) is 0 Å². The molecule has 1 aromatic carbocycles. The van der Waals surface area contributed by atoms with Gasteiger partial charge in [-0.25, -0.2) is 4.98 Å². The predicted octanol–water partition coefficient (Wildman–Crippen LogP) is 4.16. The molecule has 3 rings (SSSR count). The molecule has 6 nitrogen and oxygen atoms in total. The van der Waals surface area contributed by atoms with Crippen LogP contribution in [0.4, 0.5) is 5.69 Å². The summed E-state index contributed by atoms with van der Waals surface area (Å²) in [6.07, 6.45) is 1.81. The van der Waals surface area contributed by atoms with Crippen molar-refractivity contribution >= 4 is 28.8 Å². The summed E-state index contributed by atoms with van der Waals surface area (Å²) in [7, 11) is 0. The molecule has 146 valence electrons. The number of anilines is 1. The van der Waals surface area contributed by atoms with Crippen molar-refractivity contribution in [3.05, 3.63) is 58.3 Å². The lowest BCUT2D eigenvalue weighted by Gasteiger charge is -2.08. The number of hydrogen-bond acceptors (Lipinski definition) is 5. The summed E-state index contributed by atoms with van der Waals surface area (Å²) in [4.78, 5) is 29.6. The van der Waals surface area contributed by atoms with E-state index in [9.17, 15) is 9.59 Å². The molecule has 0 saturated carbocycles. The lowest BCUT2D eigenvalue weighted by Crippen LogP contribution is -2.24. The molecule has 28 heavy (non-hydrogen) atoms. The van der Waals surface area contributed by atoms with Gasteiger partial charge in [0, 0.05) is 22.0 Å². The van der Waals surface area contributed by atoms with E-state index in [1.807, 2.05) is 51.1 Å². The zero-order chi connectivity index (χ0) is 20.1. The van der Waals surface area contributed by atoms with Crippen LogP contribution < -0.4 is 10.6 Å². The number of amides is 2. The molecular formula is C21H23N3O3S. The summed E-state index contributed by atoms with van der Waals surface area (Å²) in [5.41, 5.74) is 2.58. The van der Waals surface area contributed by atoms with Crippen molar-refractivity contribution in [3.63, 3.8) is 0 Å². The lowest BCUT2D eigenvalue weighted by atomic mass is 10.1. The van der Waals surface area contributed by atoms with Gasteiger partial charge in [-0.05, 0) is 31.2 Å². The number of aromatic nitrogens is 1. The van der Waals surface area contributed by atoms with E-state index in [4.69, 9.17) is 4.42 Å². The maximum atomic E-state index is 12.1. The second kappa shape index (κ2) is 8.84. The van der Waals surface area contributed by atoms with E-state index in [0.29, 0.717) is 12.3 Å². The number of aryl methyl sites for hydroxylation is 1. The number of carbonyl (C=O) groups is 2. The number of benzene rings is 1. The average molecular weight is 398 g/mol. The number of nitrogens with zero attached hydrogens (tertiary/aromatic N) is 1. The molecule has 0 aliphatic heterocycles. The monoisotopic (exact) mass is 397 g/mol. The topological polar surface area (TPSA) is 84.2 Å². The first-order valence-electron chi connectivity index (χ1n) is 9.09. The van der Waals surface area contributed by atoms with E-state index in [2.05, 4.69) is 15.6 Å². The number of thiazole rings is 1. The van der Waals surface area contributed by atoms with Crippen LogP contribution in [-0.2, 0) is 22.6 Å². The van der Waals surface area contributed by atoms with Crippen molar-refractivity contribution in [2.75, 3.05) is 5.32 Å². The second-order valence-electron chi connectivity index (χ2n) is 6.77. The fraction of sp³-hybridized carbons (Fsp3) is 0.286. The molecular weight excluding hydrogens is 374 g/mol. The summed E-state index contributed by atoms with van der Waals surface area (Å²) < 4.78 is 5.21. The Labute approximate surface area is 168 Å². The van der Waals surface area contributed by atoms with Crippen molar-refractivity contribution < 1.29 is 14.0 Å². The normalized spacial score (nSPS) is 10.9. The summed E-state index contributed by atoms with van der Waals surface area (Å²) in [5.74, 6) is 0.542. The van der Waals surface area contributed by atoms with Gasteiger partial charge in [-0.3, -0.25) is 9.59 Å². The number of carbonyl (C=O) groups excluding carboxylic acids is 2. The van der Waals surface area contributed by atoms with Gasteiger partial charge in [0.15, 0.2) is 0 Å². The van der Waals surface area contributed by atoms with Gasteiger partial charge in [0.05, 0.1) is 24.9 Å². The van der Waals surface area contributed by atoms with Crippen molar-refractivity contribution in [1.82, 2.24) is 10.3 Å². The SMILES string of the molecule is Cc1sc(CC(=O)NCc2ccco2)nc1-c1ccc(NC(=O)C(C)C)cc1. The Bertz CT molecular complexity index is 944.